The molecule has 3 nitrogen and oxygen atoms in total. The molecule has 1 aromatic heterocycles. The Morgan fingerprint density at radius 2 is 1.76 bits per heavy atom. The highest BCUT2D eigenvalue weighted by atomic mass is 35.5. The van der Waals surface area contributed by atoms with E-state index in [1.807, 2.05) is 43.3 Å². The largest absolute Gasteiger partial charge is 0.274 e. The lowest BCUT2D eigenvalue weighted by Gasteiger charge is -2.09. The molecule has 6 heteroatoms. The van der Waals surface area contributed by atoms with Crippen molar-refractivity contribution in [2.45, 2.75) is 19.9 Å². The van der Waals surface area contributed by atoms with E-state index in [1.54, 1.807) is 16.8 Å². The fraction of sp³-hybridized carbons (Fsp3) is 0.158. The van der Waals surface area contributed by atoms with Crippen LogP contribution in [0.15, 0.2) is 48.5 Å². The van der Waals surface area contributed by atoms with Gasteiger partial charge in [-0.25, -0.2) is 0 Å². The molecule has 0 fully saturated rings. The quantitative estimate of drug-likeness (QED) is 0.514. The molecular formula is C19H15Cl3N2O. The Bertz CT molecular complexity index is 917. The number of halogens is 3. The van der Waals surface area contributed by atoms with Gasteiger partial charge in [-0.15, -0.1) is 0 Å². The van der Waals surface area contributed by atoms with Crippen LogP contribution in [0.4, 0.5) is 0 Å². The molecule has 3 rings (SSSR count). The van der Waals surface area contributed by atoms with Crippen LogP contribution in [0, 0.1) is 6.92 Å². The molecule has 3 aromatic rings. The van der Waals surface area contributed by atoms with Crippen LogP contribution in [0.2, 0.25) is 10.0 Å². The summed E-state index contributed by atoms with van der Waals surface area (Å²) in [4.78, 5) is 11.5. The van der Waals surface area contributed by atoms with Crippen LogP contribution in [0.1, 0.15) is 21.6 Å². The Hall–Kier alpha value is -1.81. The molecule has 0 amide bonds. The number of hydrogen-bond acceptors (Lipinski definition) is 2. The maximum absolute atomic E-state index is 11.5. The summed E-state index contributed by atoms with van der Waals surface area (Å²) in [5.41, 5.74) is 4.28. The van der Waals surface area contributed by atoms with Crippen LogP contribution >= 0.6 is 34.8 Å². The highest BCUT2D eigenvalue weighted by Gasteiger charge is 2.14. The molecular weight excluding hydrogens is 379 g/mol. The van der Waals surface area contributed by atoms with Crippen LogP contribution < -0.4 is 0 Å². The average molecular weight is 394 g/mol. The predicted octanol–water partition coefficient (Wildman–Crippen LogP) is 5.79. The highest BCUT2D eigenvalue weighted by Crippen LogP contribution is 2.25. The third-order valence-corrected chi connectivity index (χ3v) is 4.86. The van der Waals surface area contributed by atoms with Gasteiger partial charge in [-0.1, -0.05) is 59.1 Å². The van der Waals surface area contributed by atoms with Crippen LogP contribution in [-0.2, 0) is 13.0 Å². The number of nitrogens with zero attached hydrogens (tertiary/aromatic N) is 2. The summed E-state index contributed by atoms with van der Waals surface area (Å²) in [5.74, 6) is 0. The van der Waals surface area contributed by atoms with Gasteiger partial charge in [-0.3, -0.25) is 9.48 Å². The SMILES string of the molecule is Cc1ccc(-c2cc(C(=O)Cl)nn2CCc2ccc(Cl)c(Cl)c2)cc1. The second-order valence-electron chi connectivity index (χ2n) is 5.78. The van der Waals surface area contributed by atoms with Crippen LogP contribution in [0.5, 0.6) is 0 Å². The van der Waals surface area contributed by atoms with Crippen molar-refractivity contribution >= 4 is 40.0 Å². The maximum atomic E-state index is 11.5. The van der Waals surface area contributed by atoms with Crippen molar-refractivity contribution < 1.29 is 4.79 Å². The van der Waals surface area contributed by atoms with Crippen LogP contribution in [0.3, 0.4) is 0 Å². The topological polar surface area (TPSA) is 34.9 Å². The fourth-order valence-corrected chi connectivity index (χ4v) is 2.98. The van der Waals surface area contributed by atoms with Crippen molar-refractivity contribution in [3.63, 3.8) is 0 Å². The molecule has 128 valence electrons. The first-order valence-corrected chi connectivity index (χ1v) is 8.86. The zero-order chi connectivity index (χ0) is 18.0. The lowest BCUT2D eigenvalue weighted by molar-refractivity contribution is 0.107. The summed E-state index contributed by atoms with van der Waals surface area (Å²) in [6.45, 7) is 2.62. The van der Waals surface area contributed by atoms with Crippen molar-refractivity contribution in [3.8, 4) is 11.3 Å². The zero-order valence-corrected chi connectivity index (χ0v) is 15.7. The molecule has 0 saturated heterocycles. The number of hydrogen-bond donors (Lipinski definition) is 0. The summed E-state index contributed by atoms with van der Waals surface area (Å²) in [6.07, 6.45) is 0.702. The number of carbonyl (C=O) groups excluding carboxylic acids is 1. The van der Waals surface area contributed by atoms with Crippen molar-refractivity contribution in [1.82, 2.24) is 9.78 Å². The Morgan fingerprint density at radius 1 is 1.04 bits per heavy atom. The smallest absolute Gasteiger partial charge is 0.272 e. The van der Waals surface area contributed by atoms with Crippen molar-refractivity contribution in [2.24, 2.45) is 0 Å². The maximum Gasteiger partial charge on any atom is 0.272 e. The van der Waals surface area contributed by atoms with Gasteiger partial charge < -0.3 is 0 Å². The lowest BCUT2D eigenvalue weighted by Crippen LogP contribution is -2.06. The molecule has 2 aromatic carbocycles. The molecule has 0 atom stereocenters. The summed E-state index contributed by atoms with van der Waals surface area (Å²) in [6, 6.07) is 15.3. The minimum atomic E-state index is -0.568. The van der Waals surface area contributed by atoms with E-state index >= 15 is 0 Å². The van der Waals surface area contributed by atoms with Gasteiger partial charge in [0.25, 0.3) is 5.24 Å². The Labute approximate surface area is 161 Å². The Kier molecular flexibility index (Phi) is 5.48. The third kappa shape index (κ3) is 4.24. The number of benzene rings is 2. The monoisotopic (exact) mass is 392 g/mol. The number of aryl methyl sites for hydroxylation is 3. The first-order chi connectivity index (χ1) is 11.9. The predicted molar refractivity (Wildman–Crippen MR) is 103 cm³/mol. The lowest BCUT2D eigenvalue weighted by atomic mass is 10.1. The molecule has 0 aliphatic rings. The summed E-state index contributed by atoms with van der Waals surface area (Å²) >= 11 is 17.6. The van der Waals surface area contributed by atoms with Gasteiger partial charge in [-0.2, -0.15) is 5.10 Å². The minimum Gasteiger partial charge on any atom is -0.274 e. The van der Waals surface area contributed by atoms with Gasteiger partial charge in [0, 0.05) is 6.54 Å². The van der Waals surface area contributed by atoms with Crippen molar-refractivity contribution in [3.05, 3.63) is 75.4 Å². The molecule has 25 heavy (non-hydrogen) atoms. The normalized spacial score (nSPS) is 10.9. The van der Waals surface area contributed by atoms with Gasteiger partial charge in [0.15, 0.2) is 0 Å². The van der Waals surface area contributed by atoms with Gasteiger partial charge in [-0.05, 0) is 54.3 Å². The minimum absolute atomic E-state index is 0.242. The first kappa shape index (κ1) is 18.0. The van der Waals surface area contributed by atoms with Gasteiger partial charge >= 0.3 is 0 Å². The summed E-state index contributed by atoms with van der Waals surface area (Å²) in [7, 11) is 0. The number of aromatic nitrogens is 2. The van der Waals surface area contributed by atoms with Gasteiger partial charge in [0.1, 0.15) is 5.69 Å². The first-order valence-electron chi connectivity index (χ1n) is 7.72. The van der Waals surface area contributed by atoms with E-state index in [0.717, 1.165) is 16.8 Å². The van der Waals surface area contributed by atoms with Crippen LogP contribution in [0.25, 0.3) is 11.3 Å². The van der Waals surface area contributed by atoms with E-state index in [9.17, 15) is 4.79 Å². The van der Waals surface area contributed by atoms with E-state index in [1.165, 1.54) is 5.56 Å². The summed E-state index contributed by atoms with van der Waals surface area (Å²) in [5, 5.41) is 4.82. The molecule has 0 N–H and O–H groups in total. The average Bonchev–Trinajstić information content (AvgIpc) is 3.01. The second kappa shape index (κ2) is 7.61. The fourth-order valence-electron chi connectivity index (χ4n) is 2.57. The zero-order valence-electron chi connectivity index (χ0n) is 13.5. The Morgan fingerprint density at radius 3 is 2.40 bits per heavy atom. The van der Waals surface area contributed by atoms with Gasteiger partial charge in [0.2, 0.25) is 0 Å². The number of carbonyl (C=O) groups is 1. The van der Waals surface area contributed by atoms with Crippen molar-refractivity contribution in [2.75, 3.05) is 0 Å². The molecule has 0 saturated carbocycles. The van der Waals surface area contributed by atoms with Crippen LogP contribution in [-0.4, -0.2) is 15.0 Å². The van der Waals surface area contributed by atoms with E-state index in [4.69, 9.17) is 34.8 Å². The van der Waals surface area contributed by atoms with E-state index < -0.39 is 5.24 Å². The molecule has 0 aliphatic carbocycles. The summed E-state index contributed by atoms with van der Waals surface area (Å²) < 4.78 is 1.79. The molecule has 0 spiro atoms. The highest BCUT2D eigenvalue weighted by molar-refractivity contribution is 6.67. The van der Waals surface area contributed by atoms with E-state index in [2.05, 4.69) is 5.10 Å². The van der Waals surface area contributed by atoms with E-state index in [0.29, 0.717) is 23.0 Å². The molecule has 0 bridgehead atoms. The number of rotatable bonds is 5. The Balaban J connectivity index is 1.90. The molecule has 0 aliphatic heterocycles. The standard InChI is InChI=1S/C19H15Cl3N2O/c1-12-2-5-14(6-3-12)18-11-17(19(22)25)23-24(18)9-8-13-4-7-15(20)16(21)10-13/h2-7,10-11H,8-9H2,1H3. The van der Waals surface area contributed by atoms with E-state index in [-0.39, 0.29) is 5.69 Å². The molecule has 1 heterocycles. The third-order valence-electron chi connectivity index (χ3n) is 3.92. The van der Waals surface area contributed by atoms with Gasteiger partial charge in [0.05, 0.1) is 15.7 Å². The molecule has 0 radical (unpaired) electrons. The van der Waals surface area contributed by atoms with Crippen molar-refractivity contribution in [1.29, 1.82) is 0 Å². The molecule has 0 unspecified atom stereocenters. The second-order valence-corrected chi connectivity index (χ2v) is 6.93.